The normalized spacial score (nSPS) is 13.5. The van der Waals surface area contributed by atoms with Crippen LogP contribution in [0.3, 0.4) is 0 Å². The highest BCUT2D eigenvalue weighted by atomic mass is 79.9. The molecule has 2 nitrogen and oxygen atoms in total. The van der Waals surface area contributed by atoms with Gasteiger partial charge in [0.05, 0.1) is 12.0 Å². The number of halogens is 2. The second-order valence-corrected chi connectivity index (χ2v) is 6.66. The molecule has 1 N–H and O–H groups in total. The minimum atomic E-state index is -0.412. The summed E-state index contributed by atoms with van der Waals surface area (Å²) in [5.74, 6) is 0.0129. The lowest BCUT2D eigenvalue weighted by molar-refractivity contribution is -0.122. The molecule has 0 saturated heterocycles. The van der Waals surface area contributed by atoms with Gasteiger partial charge in [-0.05, 0) is 30.2 Å². The first-order chi connectivity index (χ1) is 10.0. The first kappa shape index (κ1) is 16.2. The van der Waals surface area contributed by atoms with Gasteiger partial charge in [-0.2, -0.15) is 0 Å². The highest BCUT2D eigenvalue weighted by molar-refractivity contribution is 9.10. The van der Waals surface area contributed by atoms with Gasteiger partial charge in [0.25, 0.3) is 0 Å². The molecule has 1 unspecified atom stereocenters. The summed E-state index contributed by atoms with van der Waals surface area (Å²) in [5, 5.41) is 3.79. The SMILES string of the molecule is CC(CBr)(NC(=O)Cc1cccc(Br)c1)c1ccccc1. The standard InChI is InChI=1S/C17H17Br2NO/c1-17(12-18,14-7-3-2-4-8-14)20-16(21)11-13-6-5-9-15(19)10-13/h2-10H,11-12H2,1H3,(H,20,21). The Morgan fingerprint density at radius 1 is 1.14 bits per heavy atom. The molecule has 1 amide bonds. The second kappa shape index (κ2) is 7.23. The number of carbonyl (C=O) groups excluding carboxylic acids is 1. The van der Waals surface area contributed by atoms with Crippen LogP contribution in [0.1, 0.15) is 18.1 Å². The molecule has 0 fully saturated rings. The third kappa shape index (κ3) is 4.42. The van der Waals surface area contributed by atoms with E-state index >= 15 is 0 Å². The van der Waals surface area contributed by atoms with E-state index in [1.807, 2.05) is 61.5 Å². The van der Waals surface area contributed by atoms with E-state index in [1.165, 1.54) is 0 Å². The smallest absolute Gasteiger partial charge is 0.225 e. The van der Waals surface area contributed by atoms with Crippen molar-refractivity contribution in [1.29, 1.82) is 0 Å². The molecule has 1 atom stereocenters. The maximum Gasteiger partial charge on any atom is 0.225 e. The fourth-order valence-corrected chi connectivity index (χ4v) is 3.08. The zero-order valence-corrected chi connectivity index (χ0v) is 14.9. The maximum atomic E-state index is 12.3. The van der Waals surface area contributed by atoms with Crippen LogP contribution in [-0.4, -0.2) is 11.2 Å². The van der Waals surface area contributed by atoms with Crippen LogP contribution in [0.5, 0.6) is 0 Å². The third-order valence-corrected chi connectivity index (χ3v) is 4.96. The molecule has 0 saturated carbocycles. The van der Waals surface area contributed by atoms with Gasteiger partial charge in [-0.25, -0.2) is 0 Å². The highest BCUT2D eigenvalue weighted by Crippen LogP contribution is 2.23. The number of hydrogen-bond donors (Lipinski definition) is 1. The molecular formula is C17H17Br2NO. The van der Waals surface area contributed by atoms with Crippen molar-refractivity contribution < 1.29 is 4.79 Å². The van der Waals surface area contributed by atoms with E-state index < -0.39 is 5.54 Å². The molecule has 21 heavy (non-hydrogen) atoms. The van der Waals surface area contributed by atoms with E-state index in [2.05, 4.69) is 37.2 Å². The average Bonchev–Trinajstić information content (AvgIpc) is 2.48. The van der Waals surface area contributed by atoms with Gasteiger partial charge in [-0.1, -0.05) is 74.3 Å². The average molecular weight is 411 g/mol. The van der Waals surface area contributed by atoms with Crippen molar-refractivity contribution in [2.45, 2.75) is 18.9 Å². The van der Waals surface area contributed by atoms with E-state index in [4.69, 9.17) is 0 Å². The van der Waals surface area contributed by atoms with Crippen molar-refractivity contribution in [3.05, 3.63) is 70.2 Å². The lowest BCUT2D eigenvalue weighted by atomic mass is 9.94. The number of alkyl halides is 1. The molecular weight excluding hydrogens is 394 g/mol. The zero-order chi connectivity index (χ0) is 15.3. The molecule has 4 heteroatoms. The Bertz CT molecular complexity index is 615. The van der Waals surface area contributed by atoms with Crippen molar-refractivity contribution in [2.75, 3.05) is 5.33 Å². The Morgan fingerprint density at radius 3 is 2.48 bits per heavy atom. The van der Waals surface area contributed by atoms with Gasteiger partial charge in [-0.15, -0.1) is 0 Å². The van der Waals surface area contributed by atoms with Crippen LogP contribution >= 0.6 is 31.9 Å². The van der Waals surface area contributed by atoms with Crippen LogP contribution in [0.4, 0.5) is 0 Å². The van der Waals surface area contributed by atoms with Crippen LogP contribution < -0.4 is 5.32 Å². The number of amides is 1. The van der Waals surface area contributed by atoms with Crippen LogP contribution in [0.25, 0.3) is 0 Å². The molecule has 0 bridgehead atoms. The molecule has 0 spiro atoms. The Balaban J connectivity index is 2.10. The molecule has 110 valence electrons. The van der Waals surface area contributed by atoms with Gasteiger partial charge < -0.3 is 5.32 Å². The Labute approximate surface area is 142 Å². The van der Waals surface area contributed by atoms with E-state index in [9.17, 15) is 4.79 Å². The summed E-state index contributed by atoms with van der Waals surface area (Å²) in [6.45, 7) is 2.02. The summed E-state index contributed by atoms with van der Waals surface area (Å²) in [6, 6.07) is 17.8. The summed E-state index contributed by atoms with van der Waals surface area (Å²) < 4.78 is 0.985. The summed E-state index contributed by atoms with van der Waals surface area (Å²) in [7, 11) is 0. The van der Waals surface area contributed by atoms with Crippen LogP contribution in [0.2, 0.25) is 0 Å². The Hall–Kier alpha value is -1.13. The lowest BCUT2D eigenvalue weighted by Crippen LogP contribution is -2.45. The first-order valence-electron chi connectivity index (χ1n) is 6.70. The van der Waals surface area contributed by atoms with Gasteiger partial charge >= 0.3 is 0 Å². The van der Waals surface area contributed by atoms with E-state index in [-0.39, 0.29) is 5.91 Å². The first-order valence-corrected chi connectivity index (χ1v) is 8.62. The topological polar surface area (TPSA) is 29.1 Å². The molecule has 0 aliphatic carbocycles. The maximum absolute atomic E-state index is 12.3. The van der Waals surface area contributed by atoms with Gasteiger partial charge in [0.15, 0.2) is 0 Å². The molecule has 2 aromatic carbocycles. The highest BCUT2D eigenvalue weighted by Gasteiger charge is 2.27. The van der Waals surface area contributed by atoms with Crippen LogP contribution in [0, 0.1) is 0 Å². The summed E-state index contributed by atoms with van der Waals surface area (Å²) >= 11 is 6.94. The van der Waals surface area contributed by atoms with Crippen molar-refractivity contribution in [3.63, 3.8) is 0 Å². The fraction of sp³-hybridized carbons (Fsp3) is 0.235. The van der Waals surface area contributed by atoms with Gasteiger partial charge in [0, 0.05) is 9.80 Å². The second-order valence-electron chi connectivity index (χ2n) is 5.19. The summed E-state index contributed by atoms with van der Waals surface area (Å²) in [4.78, 5) is 12.3. The molecule has 0 radical (unpaired) electrons. The number of benzene rings is 2. The predicted molar refractivity (Wildman–Crippen MR) is 93.6 cm³/mol. The minimum absolute atomic E-state index is 0.0129. The number of rotatable bonds is 5. The predicted octanol–water partition coefficient (Wildman–Crippen LogP) is 4.42. The fourth-order valence-electron chi connectivity index (χ4n) is 2.17. The van der Waals surface area contributed by atoms with Gasteiger partial charge in [-0.3, -0.25) is 4.79 Å². The monoisotopic (exact) mass is 409 g/mol. The van der Waals surface area contributed by atoms with Gasteiger partial charge in [0.1, 0.15) is 0 Å². The van der Waals surface area contributed by atoms with Crippen molar-refractivity contribution in [3.8, 4) is 0 Å². The minimum Gasteiger partial charge on any atom is -0.346 e. The lowest BCUT2D eigenvalue weighted by Gasteiger charge is -2.29. The van der Waals surface area contributed by atoms with E-state index in [1.54, 1.807) is 0 Å². The third-order valence-electron chi connectivity index (χ3n) is 3.35. The Morgan fingerprint density at radius 2 is 1.86 bits per heavy atom. The van der Waals surface area contributed by atoms with E-state index in [0.29, 0.717) is 11.8 Å². The molecule has 0 aliphatic rings. The van der Waals surface area contributed by atoms with Crippen LogP contribution in [-0.2, 0) is 16.8 Å². The van der Waals surface area contributed by atoms with Crippen LogP contribution in [0.15, 0.2) is 59.1 Å². The van der Waals surface area contributed by atoms with Crippen molar-refractivity contribution >= 4 is 37.8 Å². The van der Waals surface area contributed by atoms with E-state index in [0.717, 1.165) is 15.6 Å². The number of nitrogens with one attached hydrogen (secondary N) is 1. The zero-order valence-electron chi connectivity index (χ0n) is 11.8. The molecule has 2 aromatic rings. The molecule has 2 rings (SSSR count). The summed E-state index contributed by atoms with van der Waals surface area (Å²) in [5.41, 5.74) is 1.67. The molecule has 0 aliphatic heterocycles. The van der Waals surface area contributed by atoms with Gasteiger partial charge in [0.2, 0.25) is 5.91 Å². The number of hydrogen-bond acceptors (Lipinski definition) is 1. The largest absolute Gasteiger partial charge is 0.346 e. The van der Waals surface area contributed by atoms with Crippen molar-refractivity contribution in [2.24, 2.45) is 0 Å². The summed E-state index contributed by atoms with van der Waals surface area (Å²) in [6.07, 6.45) is 0.370. The van der Waals surface area contributed by atoms with Crippen molar-refractivity contribution in [1.82, 2.24) is 5.32 Å². The Kier molecular flexibility index (Phi) is 5.59. The quantitative estimate of drug-likeness (QED) is 0.726. The molecule has 0 aromatic heterocycles. The number of carbonyl (C=O) groups is 1. The molecule has 0 heterocycles.